The van der Waals surface area contributed by atoms with Gasteiger partial charge in [0.1, 0.15) is 0 Å². The smallest absolute Gasteiger partial charge is 0.250 e. The first-order valence-corrected chi connectivity index (χ1v) is 6.85. The topological polar surface area (TPSA) is 55.1 Å². The Kier molecular flexibility index (Phi) is 3.56. The van der Waals surface area contributed by atoms with Gasteiger partial charge in [0.05, 0.1) is 5.56 Å². The highest BCUT2D eigenvalue weighted by molar-refractivity contribution is 5.98. The lowest BCUT2D eigenvalue weighted by Crippen LogP contribution is -2.14. The number of nitrogens with two attached hydrogens (primary N) is 1. The number of fused-ring (bicyclic) bond motifs is 1. The molecule has 0 spiro atoms. The van der Waals surface area contributed by atoms with Crippen LogP contribution in [0, 0.1) is 0 Å². The summed E-state index contributed by atoms with van der Waals surface area (Å²) in [4.78, 5) is 11.4. The van der Waals surface area contributed by atoms with Crippen LogP contribution in [0.3, 0.4) is 0 Å². The number of hydrogen-bond donors (Lipinski definition) is 2. The Morgan fingerprint density at radius 3 is 2.48 bits per heavy atom. The summed E-state index contributed by atoms with van der Waals surface area (Å²) in [6.45, 7) is 0.644. The third-order valence-electron chi connectivity index (χ3n) is 3.54. The Balaban J connectivity index is 1.89. The highest BCUT2D eigenvalue weighted by Crippen LogP contribution is 2.21. The Hall–Kier alpha value is -2.81. The first-order valence-electron chi connectivity index (χ1n) is 6.85. The number of para-hydroxylation sites is 1. The molecule has 0 saturated carbocycles. The molecule has 0 heterocycles. The average Bonchev–Trinajstić information content (AvgIpc) is 2.53. The van der Waals surface area contributed by atoms with Crippen LogP contribution in [0.2, 0.25) is 0 Å². The molecular formula is C18H16N2O. The molecule has 3 N–H and O–H groups in total. The van der Waals surface area contributed by atoms with E-state index in [-0.39, 0.29) is 0 Å². The average molecular weight is 276 g/mol. The molecule has 0 saturated heterocycles. The van der Waals surface area contributed by atoms with E-state index in [9.17, 15) is 4.79 Å². The molecule has 0 aliphatic carbocycles. The van der Waals surface area contributed by atoms with Crippen LogP contribution >= 0.6 is 0 Å². The molecule has 0 aromatic heterocycles. The van der Waals surface area contributed by atoms with Crippen molar-refractivity contribution in [3.05, 3.63) is 77.9 Å². The number of amides is 1. The molecule has 0 aliphatic rings. The van der Waals surface area contributed by atoms with Crippen molar-refractivity contribution < 1.29 is 4.79 Å². The molecule has 0 fully saturated rings. The Labute approximate surface area is 123 Å². The quantitative estimate of drug-likeness (QED) is 0.765. The number of carbonyl (C=O) groups is 1. The first kappa shape index (κ1) is 13.2. The summed E-state index contributed by atoms with van der Waals surface area (Å²) in [5.74, 6) is -0.420. The first-order chi connectivity index (χ1) is 10.3. The molecule has 21 heavy (non-hydrogen) atoms. The molecule has 0 radical (unpaired) electrons. The number of benzene rings is 3. The van der Waals surface area contributed by atoms with Crippen LogP contribution in [0.4, 0.5) is 5.69 Å². The molecule has 0 bridgehead atoms. The zero-order valence-corrected chi connectivity index (χ0v) is 11.5. The fraction of sp³-hybridized carbons (Fsp3) is 0.0556. The summed E-state index contributed by atoms with van der Waals surface area (Å²) < 4.78 is 0. The molecule has 3 heteroatoms. The highest BCUT2D eigenvalue weighted by atomic mass is 16.1. The van der Waals surface area contributed by atoms with Gasteiger partial charge in [-0.05, 0) is 28.5 Å². The van der Waals surface area contributed by atoms with E-state index in [1.807, 2.05) is 36.4 Å². The number of anilines is 1. The molecule has 3 aromatic carbocycles. The molecule has 0 aliphatic heterocycles. The molecule has 1 amide bonds. The number of hydrogen-bond acceptors (Lipinski definition) is 2. The highest BCUT2D eigenvalue weighted by Gasteiger charge is 2.07. The van der Waals surface area contributed by atoms with E-state index in [1.54, 1.807) is 6.07 Å². The Bertz CT molecular complexity index is 791. The standard InChI is InChI=1S/C18H16N2O/c19-18(21)16-10-3-4-11-17(16)20-12-14-8-5-7-13-6-1-2-9-15(13)14/h1-11,20H,12H2,(H2,19,21). The van der Waals surface area contributed by atoms with Crippen LogP contribution in [0.1, 0.15) is 15.9 Å². The normalized spacial score (nSPS) is 10.5. The van der Waals surface area contributed by atoms with Crippen molar-refractivity contribution in [2.75, 3.05) is 5.32 Å². The fourth-order valence-corrected chi connectivity index (χ4v) is 2.49. The minimum Gasteiger partial charge on any atom is -0.380 e. The lowest BCUT2D eigenvalue weighted by Gasteiger charge is -2.11. The predicted molar refractivity (Wildman–Crippen MR) is 86.2 cm³/mol. The number of primary amides is 1. The largest absolute Gasteiger partial charge is 0.380 e. The van der Waals surface area contributed by atoms with Crippen LogP contribution in [-0.4, -0.2) is 5.91 Å². The van der Waals surface area contributed by atoms with Crippen molar-refractivity contribution in [3.8, 4) is 0 Å². The van der Waals surface area contributed by atoms with Gasteiger partial charge in [0, 0.05) is 12.2 Å². The van der Waals surface area contributed by atoms with Gasteiger partial charge >= 0.3 is 0 Å². The molecule has 3 aromatic rings. The van der Waals surface area contributed by atoms with E-state index in [4.69, 9.17) is 5.73 Å². The minimum atomic E-state index is -0.420. The van der Waals surface area contributed by atoms with Crippen molar-refractivity contribution in [2.45, 2.75) is 6.54 Å². The van der Waals surface area contributed by atoms with Crippen molar-refractivity contribution in [2.24, 2.45) is 5.73 Å². The van der Waals surface area contributed by atoms with E-state index in [0.29, 0.717) is 12.1 Å². The zero-order valence-electron chi connectivity index (χ0n) is 11.5. The van der Waals surface area contributed by atoms with Crippen molar-refractivity contribution >= 4 is 22.4 Å². The van der Waals surface area contributed by atoms with E-state index in [1.165, 1.54) is 16.3 Å². The minimum absolute atomic E-state index is 0.420. The predicted octanol–water partition coefficient (Wildman–Crippen LogP) is 3.55. The molecule has 0 atom stereocenters. The van der Waals surface area contributed by atoms with Gasteiger partial charge in [0.2, 0.25) is 0 Å². The lowest BCUT2D eigenvalue weighted by molar-refractivity contribution is 0.100. The van der Waals surface area contributed by atoms with Gasteiger partial charge in [-0.25, -0.2) is 0 Å². The molecular weight excluding hydrogens is 260 g/mol. The van der Waals surface area contributed by atoms with Gasteiger partial charge in [-0.2, -0.15) is 0 Å². The lowest BCUT2D eigenvalue weighted by atomic mass is 10.0. The molecule has 3 rings (SSSR count). The van der Waals surface area contributed by atoms with Crippen molar-refractivity contribution in [1.29, 1.82) is 0 Å². The second-order valence-electron chi connectivity index (χ2n) is 4.90. The van der Waals surface area contributed by atoms with Gasteiger partial charge in [-0.3, -0.25) is 4.79 Å². The van der Waals surface area contributed by atoms with Crippen LogP contribution in [0.15, 0.2) is 66.7 Å². The summed E-state index contributed by atoms with van der Waals surface area (Å²) >= 11 is 0. The molecule has 104 valence electrons. The Morgan fingerprint density at radius 2 is 1.62 bits per heavy atom. The maximum atomic E-state index is 11.4. The Morgan fingerprint density at radius 1 is 0.905 bits per heavy atom. The van der Waals surface area contributed by atoms with E-state index < -0.39 is 5.91 Å². The van der Waals surface area contributed by atoms with Gasteiger partial charge in [-0.15, -0.1) is 0 Å². The van der Waals surface area contributed by atoms with Crippen LogP contribution in [-0.2, 0) is 6.54 Å². The molecule has 3 nitrogen and oxygen atoms in total. The number of carbonyl (C=O) groups excluding carboxylic acids is 1. The summed E-state index contributed by atoms with van der Waals surface area (Å²) in [5.41, 5.74) is 7.86. The van der Waals surface area contributed by atoms with Crippen molar-refractivity contribution in [1.82, 2.24) is 0 Å². The summed E-state index contributed by atoms with van der Waals surface area (Å²) in [7, 11) is 0. The van der Waals surface area contributed by atoms with Gasteiger partial charge < -0.3 is 11.1 Å². The summed E-state index contributed by atoms with van der Waals surface area (Å²) in [6, 6.07) is 21.8. The maximum absolute atomic E-state index is 11.4. The van der Waals surface area contributed by atoms with Gasteiger partial charge in [0.25, 0.3) is 5.91 Å². The van der Waals surface area contributed by atoms with E-state index in [2.05, 4.69) is 29.6 Å². The van der Waals surface area contributed by atoms with E-state index >= 15 is 0 Å². The van der Waals surface area contributed by atoms with Crippen LogP contribution in [0.25, 0.3) is 10.8 Å². The fourth-order valence-electron chi connectivity index (χ4n) is 2.49. The maximum Gasteiger partial charge on any atom is 0.250 e. The third-order valence-corrected chi connectivity index (χ3v) is 3.54. The number of rotatable bonds is 4. The second kappa shape index (κ2) is 5.67. The van der Waals surface area contributed by atoms with Gasteiger partial charge in [0.15, 0.2) is 0 Å². The summed E-state index contributed by atoms with van der Waals surface area (Å²) in [6.07, 6.45) is 0. The molecule has 0 unspecified atom stereocenters. The van der Waals surface area contributed by atoms with Crippen molar-refractivity contribution in [3.63, 3.8) is 0 Å². The van der Waals surface area contributed by atoms with E-state index in [0.717, 1.165) is 5.69 Å². The third kappa shape index (κ3) is 2.72. The second-order valence-corrected chi connectivity index (χ2v) is 4.90. The van der Waals surface area contributed by atoms with Gasteiger partial charge in [-0.1, -0.05) is 54.6 Å². The monoisotopic (exact) mass is 276 g/mol. The SMILES string of the molecule is NC(=O)c1ccccc1NCc1cccc2ccccc12. The summed E-state index contributed by atoms with van der Waals surface area (Å²) in [5, 5.41) is 5.72. The number of nitrogens with one attached hydrogen (secondary N) is 1. The van der Waals surface area contributed by atoms with Crippen LogP contribution in [0.5, 0.6) is 0 Å². The zero-order chi connectivity index (χ0) is 14.7. The van der Waals surface area contributed by atoms with Crippen LogP contribution < -0.4 is 11.1 Å².